The quantitative estimate of drug-likeness (QED) is 0.107. The molecule has 0 radical (unpaired) electrons. The van der Waals surface area contributed by atoms with Gasteiger partial charge in [0.15, 0.2) is 57.5 Å². The molecule has 0 bridgehead atoms. The average molecular weight is 1980 g/mol. The number of fused-ring (bicyclic) bond motifs is 25. The fourth-order valence-electron chi connectivity index (χ4n) is 20.5. The number of benzene rings is 10. The Labute approximate surface area is 868 Å². The van der Waals surface area contributed by atoms with Gasteiger partial charge in [0.2, 0.25) is 92.9 Å². The second kappa shape index (κ2) is 33.9. The summed E-state index contributed by atoms with van der Waals surface area (Å²) in [4.78, 5) is 159. The summed E-state index contributed by atoms with van der Waals surface area (Å²) in [6.07, 6.45) is -13.4. The maximum absolute atomic E-state index is 13.5. The third-order valence-electron chi connectivity index (χ3n) is 27.2. The fraction of sp³-hybridized carbons (Fsp3) is 0.273. The summed E-state index contributed by atoms with van der Waals surface area (Å²) in [6, 6.07) is 15.2. The molecule has 0 spiro atoms. The van der Waals surface area contributed by atoms with Crippen LogP contribution in [-0.4, -0.2) is 265 Å². The second-order valence-corrected chi connectivity index (χ2v) is 35.8. The zero-order valence-corrected chi connectivity index (χ0v) is 76.5. The van der Waals surface area contributed by atoms with Crippen LogP contribution in [0.2, 0.25) is 0 Å². The molecule has 35 nitrogen and oxygen atoms in total. The second-order valence-electron chi connectivity index (χ2n) is 35.8. The number of nitrogens with zero attached hydrogens (tertiary/aromatic N) is 10. The Balaban J connectivity index is 0.000000106. The topological polar surface area (TPSA) is 374 Å². The van der Waals surface area contributed by atoms with Crippen LogP contribution in [0.1, 0.15) is 155 Å². The molecule has 15 aliphatic rings. The van der Waals surface area contributed by atoms with Gasteiger partial charge in [0.05, 0.1) is 84.9 Å². The lowest BCUT2D eigenvalue weighted by Gasteiger charge is -2.46. The molecule has 730 valence electrons. The summed E-state index contributed by atoms with van der Waals surface area (Å²) in [7, 11) is 6.73. The monoisotopic (exact) mass is 1980 g/mol. The highest BCUT2D eigenvalue weighted by Gasteiger charge is 2.55. The number of para-hydroxylation sites is 5. The van der Waals surface area contributed by atoms with Gasteiger partial charge in [-0.15, -0.1) is 0 Å². The van der Waals surface area contributed by atoms with E-state index in [0.29, 0.717) is 83.8 Å². The fourth-order valence-corrected chi connectivity index (χ4v) is 20.5. The number of H-pyrrole nitrogens is 5. The maximum atomic E-state index is 13.5. The third-order valence-corrected chi connectivity index (χ3v) is 27.2. The van der Waals surface area contributed by atoms with Gasteiger partial charge in [0.25, 0.3) is 0 Å². The number of rotatable bonds is 5. The van der Waals surface area contributed by atoms with Crippen LogP contribution in [0, 0.1) is 0 Å². The number of ether oxygens (including phenoxy) is 10. The van der Waals surface area contributed by atoms with Gasteiger partial charge in [-0.3, -0.25) is 47.9 Å². The minimum Gasteiger partial charge on any atom is -0.454 e. The lowest BCUT2D eigenvalue weighted by molar-refractivity contribution is -0.157. The molecule has 10 aromatic carbocycles. The van der Waals surface area contributed by atoms with Crippen molar-refractivity contribution in [3.05, 3.63) is 296 Å². The molecule has 20 heterocycles. The number of piperazine rings is 5. The van der Waals surface area contributed by atoms with Crippen LogP contribution in [0.25, 0.3) is 54.5 Å². The van der Waals surface area contributed by atoms with Crippen LogP contribution in [0.15, 0.2) is 212 Å². The van der Waals surface area contributed by atoms with Gasteiger partial charge in [-0.05, 0) is 147 Å². The van der Waals surface area contributed by atoms with Crippen molar-refractivity contribution in [2.75, 3.05) is 102 Å². The van der Waals surface area contributed by atoms with E-state index in [1.54, 1.807) is 103 Å². The first-order valence-electron chi connectivity index (χ1n) is 60.4. The van der Waals surface area contributed by atoms with Crippen molar-refractivity contribution in [1.29, 1.82) is 0 Å². The molecule has 145 heavy (non-hydrogen) atoms. The van der Waals surface area contributed by atoms with Crippen molar-refractivity contribution in [1.82, 2.24) is 73.9 Å². The van der Waals surface area contributed by atoms with E-state index in [0.717, 1.165) is 49.0 Å². The van der Waals surface area contributed by atoms with Gasteiger partial charge < -0.3 is 121 Å². The number of aromatic nitrogens is 5. The van der Waals surface area contributed by atoms with E-state index < -0.39 is 232 Å². The van der Waals surface area contributed by atoms with Crippen molar-refractivity contribution in [2.24, 2.45) is 0 Å². The number of carbonyl (C=O) groups is 10. The largest absolute Gasteiger partial charge is 0.454 e. The van der Waals surface area contributed by atoms with E-state index >= 15 is 0 Å². The Kier molecular flexibility index (Phi) is 14.4. The molecule has 5 fully saturated rings. The number of likely N-dealkylation sites (N-methyl/N-ethyl adjacent to an activating group) is 5. The Morgan fingerprint density at radius 1 is 0.269 bits per heavy atom. The molecule has 15 aromatic rings. The van der Waals surface area contributed by atoms with Gasteiger partial charge in [-0.1, -0.05) is 121 Å². The van der Waals surface area contributed by atoms with Gasteiger partial charge >= 0.3 is 0 Å². The van der Waals surface area contributed by atoms with Gasteiger partial charge in [0.1, 0.15) is 35.6 Å². The molecule has 5 unspecified atom stereocenters. The van der Waals surface area contributed by atoms with Gasteiger partial charge in [-0.2, -0.15) is 0 Å². The van der Waals surface area contributed by atoms with Crippen LogP contribution in [0.5, 0.6) is 57.5 Å². The van der Waals surface area contributed by atoms with E-state index in [9.17, 15) is 54.8 Å². The van der Waals surface area contributed by atoms with E-state index in [1.165, 1.54) is 65.6 Å². The standard InChI is InChI=1S/5C22H19N3O4/c5*1-24-10-19(26)25-16(22(24)27)9-14-13-4-2-3-5-15(13)23-20(14)21(25)12-6-7-17-18(8-12)29-11-28-17/h5*2-8,16,21,23H,9-11H2,1H3/t5*16-,21?/m11111/s1/i2D,3D,4D,5D,9D2,11D2,16D;2D,3D,4D,5D,9D2,16D;6D,7D,8D,9D2,16D;9D2,11D2,16D;9D2,16D. The Morgan fingerprint density at radius 2 is 0.524 bits per heavy atom. The zero-order valence-electron chi connectivity index (χ0n) is 107. The molecule has 5 saturated heterocycles. The lowest BCUT2D eigenvalue weighted by Crippen LogP contribution is -2.62. The molecule has 5 N–H and O–H groups in total. The first-order chi connectivity index (χ1) is 82.2. The van der Waals surface area contributed by atoms with E-state index in [2.05, 4.69) is 24.9 Å². The highest BCUT2D eigenvalue weighted by molar-refractivity contribution is 6.03. The first-order valence-corrected chi connectivity index (χ1v) is 45.4. The van der Waals surface area contributed by atoms with Crippen molar-refractivity contribution in [2.45, 2.75) is 92.2 Å². The molecule has 30 rings (SSSR count). The molecule has 0 saturated carbocycles. The number of hydrogen-bond acceptors (Lipinski definition) is 20. The van der Waals surface area contributed by atoms with Gasteiger partial charge in [-0.25, -0.2) is 0 Å². The van der Waals surface area contributed by atoms with Gasteiger partial charge in [0, 0.05) is 164 Å². The smallest absolute Gasteiger partial charge is 0.245 e. The summed E-state index contributed by atoms with van der Waals surface area (Å²) in [5.74, 6) is -5.59. The minimum absolute atomic E-state index is 0.00352. The SMILES string of the molecule is [2H]C1([2H])Oc2ccc(C3c4[nH]c5ccccc5c4C([2H])([2H])[C@]4([2H])C(=O)N(C)CC(=O)N34)cc2O1.[2H]C1([2H])c2c([nH]c3ccccc23)C(c2ccc3c(c2)OCO3)N2C(=O)CN(C)C(=O)[C@]21[2H].[2H]c1c([2H])c(C2c3[nH]c4ccccc4c3C([2H])([2H])[C@]3([2H])C(=O)N(C)CC(=O)N23)c([2H])c2c1OCO2.[2H]c1c([2H])c([2H])c2c3c([nH]c2c1[2H])C(c1ccc2c(c1)OC([2H])([2H])O2)N1C(=O)CN(C)C(=O)[C@@]1([2H])C3([2H])[2H].[2H]c1c([2H])c([2H])c2c3c([nH]c2c1[2H])C(c1ccc2c(c1)OCO2)N1C(=O)CN(C)C(=O)[C@@]1([2H])C3([2H])[2H]. The minimum atomic E-state index is -2.91. The molecular formula is C110H95N15O20. The predicted molar refractivity (Wildman–Crippen MR) is 523 cm³/mol. The van der Waals surface area contributed by atoms with Crippen LogP contribution in [0.4, 0.5) is 0 Å². The molecule has 0 aliphatic carbocycles. The molecule has 10 amide bonds. The highest BCUT2D eigenvalue weighted by Crippen LogP contribution is 2.53. The molecule has 15 aliphatic heterocycles. The normalized spacial score (nSPS) is 30.8. The number of carbonyl (C=O) groups excluding carboxylic acids is 10. The summed E-state index contributed by atoms with van der Waals surface area (Å²) in [5.41, 5.74) is 3.80. The molecule has 5 aromatic heterocycles. The predicted octanol–water partition coefficient (Wildman–Crippen LogP) is 11.1. The zero-order chi connectivity index (χ0) is 125. The molecular weight excluding hydrogens is 1850 g/mol. The summed E-state index contributed by atoms with van der Waals surface area (Å²) < 4.78 is 312. The Hall–Kier alpha value is -17.4. The van der Waals surface area contributed by atoms with Crippen molar-refractivity contribution in [3.8, 4) is 57.5 Å². The van der Waals surface area contributed by atoms with E-state index in [1.807, 2.05) is 12.1 Å². The van der Waals surface area contributed by atoms with E-state index in [4.69, 9.17) is 81.6 Å². The highest BCUT2D eigenvalue weighted by atomic mass is 16.7. The first kappa shape index (κ1) is 61.3. The Bertz CT molecular complexity index is 9870. The third kappa shape index (κ3) is 14.2. The molecule has 10 atom stereocenters. The number of hydrogen-bond donors (Lipinski definition) is 5. The Morgan fingerprint density at radius 3 is 0.855 bits per heavy atom. The van der Waals surface area contributed by atoms with Crippen LogP contribution in [-0.2, 0) is 79.8 Å². The number of aromatic amines is 5. The summed E-state index contributed by atoms with van der Waals surface area (Å²) >= 11 is 0. The van der Waals surface area contributed by atoms with Crippen LogP contribution >= 0.6 is 0 Å². The summed E-state index contributed by atoms with van der Waals surface area (Å²) in [5, 5.41) is 1.13. The van der Waals surface area contributed by atoms with Crippen molar-refractivity contribution < 1.29 is 136 Å². The number of nitrogens with one attached hydrogen (secondary N) is 5. The molecule has 35 heteroatoms. The van der Waals surface area contributed by atoms with E-state index in [-0.39, 0.29) is 164 Å². The van der Waals surface area contributed by atoms with Crippen LogP contribution in [0.3, 0.4) is 0 Å². The summed E-state index contributed by atoms with van der Waals surface area (Å²) in [6.45, 7) is -6.71. The number of amides is 10. The maximum Gasteiger partial charge on any atom is 0.245 e. The van der Waals surface area contributed by atoms with Crippen LogP contribution < -0.4 is 47.4 Å². The lowest BCUT2D eigenvalue weighted by atomic mass is 9.86. The van der Waals surface area contributed by atoms with Crippen molar-refractivity contribution in [3.63, 3.8) is 0 Å². The average Bonchev–Trinajstić information content (AvgIpc) is 1.58. The van der Waals surface area contributed by atoms with Crippen molar-refractivity contribution >= 4 is 114 Å².